The fourth-order valence-electron chi connectivity index (χ4n) is 6.66. The van der Waals surface area contributed by atoms with Crippen molar-refractivity contribution in [3.05, 3.63) is 24.3 Å². The molecule has 0 bridgehead atoms. The SMILES string of the molecule is CCCCCCC/C=C\C/C=C\CCCCCCCCCCCC(=O)NC(CS(=O)(=O)O)C(O)CCCCCCCCCCCCCCCC. The molecule has 0 heterocycles. The summed E-state index contributed by atoms with van der Waals surface area (Å²) in [4.78, 5) is 12.5. The van der Waals surface area contributed by atoms with E-state index in [1.165, 1.54) is 154 Å². The number of allylic oxidation sites excluding steroid dienone is 4. The largest absolute Gasteiger partial charge is 0.391 e. The third-order valence-electron chi connectivity index (χ3n) is 9.91. The van der Waals surface area contributed by atoms with Crippen molar-refractivity contribution in [2.24, 2.45) is 0 Å². The quantitative estimate of drug-likeness (QED) is 0.0332. The Balaban J connectivity index is 3.82. The number of rotatable bonds is 39. The molecule has 296 valence electrons. The van der Waals surface area contributed by atoms with Crippen LogP contribution in [0.3, 0.4) is 0 Å². The number of nitrogens with one attached hydrogen (secondary N) is 1. The van der Waals surface area contributed by atoms with Gasteiger partial charge in [-0.1, -0.05) is 199 Å². The van der Waals surface area contributed by atoms with Crippen LogP contribution in [0.1, 0.15) is 226 Å². The molecule has 0 spiro atoms. The van der Waals surface area contributed by atoms with Gasteiger partial charge in [-0.05, 0) is 44.9 Å². The van der Waals surface area contributed by atoms with Gasteiger partial charge in [-0.2, -0.15) is 8.42 Å². The molecule has 6 nitrogen and oxygen atoms in total. The zero-order chi connectivity index (χ0) is 36.8. The Hall–Kier alpha value is -1.18. The number of carbonyl (C=O) groups is 1. The monoisotopic (exact) mass is 726 g/mol. The lowest BCUT2D eigenvalue weighted by Gasteiger charge is -2.23. The van der Waals surface area contributed by atoms with Crippen molar-refractivity contribution in [2.75, 3.05) is 5.75 Å². The molecule has 0 aromatic heterocycles. The predicted octanol–water partition coefficient (Wildman–Crippen LogP) is 12.7. The van der Waals surface area contributed by atoms with Gasteiger partial charge in [-0.25, -0.2) is 0 Å². The number of aliphatic hydroxyl groups excluding tert-OH is 1. The van der Waals surface area contributed by atoms with Gasteiger partial charge in [-0.3, -0.25) is 9.35 Å². The summed E-state index contributed by atoms with van der Waals surface area (Å²) in [6.45, 7) is 4.52. The van der Waals surface area contributed by atoms with Crippen LogP contribution in [0.25, 0.3) is 0 Å². The molecule has 2 atom stereocenters. The third kappa shape index (κ3) is 38.1. The first-order valence-corrected chi connectivity index (χ1v) is 23.1. The Kier molecular flexibility index (Phi) is 36.7. The lowest BCUT2D eigenvalue weighted by Crippen LogP contribution is -2.47. The van der Waals surface area contributed by atoms with Gasteiger partial charge >= 0.3 is 0 Å². The molecule has 1 amide bonds. The molecule has 0 aliphatic carbocycles. The van der Waals surface area contributed by atoms with Gasteiger partial charge in [0, 0.05) is 6.42 Å². The fourth-order valence-corrected chi connectivity index (χ4v) is 7.42. The van der Waals surface area contributed by atoms with Crippen LogP contribution in [0.15, 0.2) is 24.3 Å². The molecule has 0 aliphatic rings. The number of hydrogen-bond acceptors (Lipinski definition) is 4. The van der Waals surface area contributed by atoms with Gasteiger partial charge in [0.1, 0.15) is 0 Å². The highest BCUT2D eigenvalue weighted by Gasteiger charge is 2.26. The van der Waals surface area contributed by atoms with Gasteiger partial charge in [0.15, 0.2) is 0 Å². The van der Waals surface area contributed by atoms with Gasteiger partial charge in [0.2, 0.25) is 5.91 Å². The molecule has 0 aromatic rings. The highest BCUT2D eigenvalue weighted by molar-refractivity contribution is 7.85. The van der Waals surface area contributed by atoms with E-state index in [1.807, 2.05) is 0 Å². The first-order valence-electron chi connectivity index (χ1n) is 21.5. The maximum Gasteiger partial charge on any atom is 0.266 e. The Morgan fingerprint density at radius 2 is 0.900 bits per heavy atom. The summed E-state index contributed by atoms with van der Waals surface area (Å²) in [6.07, 6.45) is 47.0. The van der Waals surface area contributed by atoms with E-state index in [0.717, 1.165) is 44.9 Å². The second-order valence-electron chi connectivity index (χ2n) is 15.0. The highest BCUT2D eigenvalue weighted by Crippen LogP contribution is 2.16. The summed E-state index contributed by atoms with van der Waals surface area (Å²) in [5, 5.41) is 13.4. The van der Waals surface area contributed by atoms with Crippen molar-refractivity contribution in [2.45, 2.75) is 238 Å². The number of aliphatic hydroxyl groups is 1. The van der Waals surface area contributed by atoms with Gasteiger partial charge in [0.05, 0.1) is 17.9 Å². The molecule has 7 heteroatoms. The smallest absolute Gasteiger partial charge is 0.266 e. The minimum absolute atomic E-state index is 0.249. The first-order chi connectivity index (χ1) is 24.3. The second-order valence-corrected chi connectivity index (χ2v) is 16.5. The van der Waals surface area contributed by atoms with Crippen LogP contribution in [0.4, 0.5) is 0 Å². The maximum absolute atomic E-state index is 12.5. The molecule has 0 rings (SSSR count). The molecule has 0 radical (unpaired) electrons. The lowest BCUT2D eigenvalue weighted by molar-refractivity contribution is -0.122. The summed E-state index contributed by atoms with van der Waals surface area (Å²) in [5.74, 6) is -0.896. The Morgan fingerprint density at radius 3 is 1.30 bits per heavy atom. The molecular formula is C43H83NO5S. The molecule has 0 fully saturated rings. The summed E-state index contributed by atoms with van der Waals surface area (Å²) < 4.78 is 32.6. The summed E-state index contributed by atoms with van der Waals surface area (Å²) in [6, 6.07) is -0.971. The summed E-state index contributed by atoms with van der Waals surface area (Å²) in [5.41, 5.74) is 0. The van der Waals surface area contributed by atoms with Crippen molar-refractivity contribution in [3.63, 3.8) is 0 Å². The Morgan fingerprint density at radius 1 is 0.540 bits per heavy atom. The van der Waals surface area contributed by atoms with Crippen LogP contribution >= 0.6 is 0 Å². The Bertz CT molecular complexity index is 888. The number of unbranched alkanes of at least 4 members (excludes halogenated alkanes) is 27. The number of carbonyl (C=O) groups excluding carboxylic acids is 1. The average molecular weight is 726 g/mol. The number of amides is 1. The van der Waals surface area contributed by atoms with Crippen molar-refractivity contribution < 1.29 is 22.9 Å². The molecule has 3 N–H and O–H groups in total. The normalized spacial score (nSPS) is 13.4. The van der Waals surface area contributed by atoms with E-state index in [4.69, 9.17) is 0 Å². The summed E-state index contributed by atoms with van der Waals surface area (Å²) in [7, 11) is -4.31. The number of hydrogen-bond donors (Lipinski definition) is 3. The van der Waals surface area contributed by atoms with Crippen LogP contribution in [-0.4, -0.2) is 41.9 Å². The van der Waals surface area contributed by atoms with E-state index >= 15 is 0 Å². The first kappa shape index (κ1) is 48.8. The van der Waals surface area contributed by atoms with E-state index in [0.29, 0.717) is 12.8 Å². The lowest BCUT2D eigenvalue weighted by atomic mass is 10.0. The van der Waals surface area contributed by atoms with E-state index < -0.39 is 28.0 Å². The zero-order valence-electron chi connectivity index (χ0n) is 33.0. The minimum atomic E-state index is -4.31. The standard InChI is InChI=1S/C43H83NO5S/c1-3-5-7-9-11-13-15-17-19-20-21-22-23-24-25-27-29-31-33-35-37-39-43(46)44-41(40-50(47,48)49)42(45)38-36-34-32-30-28-26-18-16-14-12-10-8-6-4-2/h15,17,20-21,41-42,45H,3-14,16,18-19,22-40H2,1-2H3,(H,44,46)(H,47,48,49)/b17-15-,21-20-. The van der Waals surface area contributed by atoms with Gasteiger partial charge < -0.3 is 10.4 Å². The highest BCUT2D eigenvalue weighted by atomic mass is 32.2. The third-order valence-corrected chi connectivity index (χ3v) is 10.7. The minimum Gasteiger partial charge on any atom is -0.391 e. The Labute approximate surface area is 311 Å². The van der Waals surface area contributed by atoms with Crippen LogP contribution in [-0.2, 0) is 14.9 Å². The molecule has 0 saturated heterocycles. The van der Waals surface area contributed by atoms with Crippen LogP contribution in [0.2, 0.25) is 0 Å². The van der Waals surface area contributed by atoms with Crippen molar-refractivity contribution in [1.82, 2.24) is 5.32 Å². The molecule has 2 unspecified atom stereocenters. The summed E-state index contributed by atoms with van der Waals surface area (Å²) >= 11 is 0. The molecule has 0 aliphatic heterocycles. The van der Waals surface area contributed by atoms with E-state index in [1.54, 1.807) is 0 Å². The van der Waals surface area contributed by atoms with E-state index in [2.05, 4.69) is 43.5 Å². The molecule has 50 heavy (non-hydrogen) atoms. The second kappa shape index (κ2) is 37.6. The molecular weight excluding hydrogens is 643 g/mol. The van der Waals surface area contributed by atoms with E-state index in [9.17, 15) is 22.9 Å². The van der Waals surface area contributed by atoms with Crippen molar-refractivity contribution in [1.29, 1.82) is 0 Å². The zero-order valence-corrected chi connectivity index (χ0v) is 33.8. The van der Waals surface area contributed by atoms with Gasteiger partial charge in [0.25, 0.3) is 10.1 Å². The predicted molar refractivity (Wildman–Crippen MR) is 216 cm³/mol. The van der Waals surface area contributed by atoms with E-state index in [-0.39, 0.29) is 5.91 Å². The van der Waals surface area contributed by atoms with Gasteiger partial charge in [-0.15, -0.1) is 0 Å². The van der Waals surface area contributed by atoms with Crippen molar-refractivity contribution in [3.8, 4) is 0 Å². The van der Waals surface area contributed by atoms with Crippen LogP contribution in [0, 0.1) is 0 Å². The van der Waals surface area contributed by atoms with Crippen LogP contribution in [0.5, 0.6) is 0 Å². The maximum atomic E-state index is 12.5. The molecule has 0 aromatic carbocycles. The molecule has 0 saturated carbocycles. The fraction of sp³-hybridized carbons (Fsp3) is 0.884. The topological polar surface area (TPSA) is 104 Å². The van der Waals surface area contributed by atoms with Crippen LogP contribution < -0.4 is 5.32 Å². The average Bonchev–Trinajstić information content (AvgIpc) is 3.08. The van der Waals surface area contributed by atoms with Crippen molar-refractivity contribution >= 4 is 16.0 Å².